The zero-order chi connectivity index (χ0) is 15.0. The lowest BCUT2D eigenvalue weighted by Gasteiger charge is -2.23. The molecule has 1 fully saturated rings. The first-order chi connectivity index (χ1) is 9.46. The van der Waals surface area contributed by atoms with Crippen LogP contribution >= 0.6 is 24.0 Å². The van der Waals surface area contributed by atoms with Gasteiger partial charge >= 0.3 is 0 Å². The van der Waals surface area contributed by atoms with E-state index in [1.54, 1.807) is 7.11 Å². The van der Waals surface area contributed by atoms with E-state index in [9.17, 15) is 0 Å². The van der Waals surface area contributed by atoms with Gasteiger partial charge in [-0.1, -0.05) is 0 Å². The van der Waals surface area contributed by atoms with E-state index in [-0.39, 0.29) is 29.5 Å². The zero-order valence-corrected chi connectivity index (χ0v) is 16.6. The number of hydrogen-bond acceptors (Lipinski definition) is 3. The normalized spacial score (nSPS) is 19.6. The van der Waals surface area contributed by atoms with Crippen molar-refractivity contribution in [2.75, 3.05) is 46.4 Å². The summed E-state index contributed by atoms with van der Waals surface area (Å²) in [6.07, 6.45) is 1.19. The highest BCUT2D eigenvalue weighted by Gasteiger charge is 2.24. The number of nitrogens with one attached hydrogen (secondary N) is 2. The SMILES string of the molecule is CCNC(=NCCNC(C)(C)C)N1CCC(COC)C1.I. The number of likely N-dealkylation sites (tertiary alicyclic amines) is 1. The van der Waals surface area contributed by atoms with Crippen LogP contribution in [0.25, 0.3) is 0 Å². The van der Waals surface area contributed by atoms with Crippen LogP contribution in [0.4, 0.5) is 0 Å². The first kappa shape index (κ1) is 20.9. The zero-order valence-electron chi connectivity index (χ0n) is 14.2. The van der Waals surface area contributed by atoms with Crippen molar-refractivity contribution in [3.05, 3.63) is 0 Å². The fourth-order valence-corrected chi connectivity index (χ4v) is 2.42. The molecule has 1 heterocycles. The number of halogens is 1. The third kappa shape index (κ3) is 8.83. The molecule has 0 aromatic heterocycles. The molecular formula is C15H33IN4O. The van der Waals surface area contributed by atoms with Gasteiger partial charge in [-0.2, -0.15) is 0 Å². The highest BCUT2D eigenvalue weighted by atomic mass is 127. The minimum absolute atomic E-state index is 0. The summed E-state index contributed by atoms with van der Waals surface area (Å²) in [7, 11) is 1.78. The van der Waals surface area contributed by atoms with E-state index in [1.807, 2.05) is 0 Å². The van der Waals surface area contributed by atoms with Gasteiger partial charge in [-0.15, -0.1) is 24.0 Å². The third-order valence-corrected chi connectivity index (χ3v) is 3.35. The molecule has 1 aliphatic rings. The molecule has 2 N–H and O–H groups in total. The predicted molar refractivity (Wildman–Crippen MR) is 101 cm³/mol. The number of aliphatic imine (C=N–C) groups is 1. The van der Waals surface area contributed by atoms with Crippen molar-refractivity contribution in [1.29, 1.82) is 0 Å². The summed E-state index contributed by atoms with van der Waals surface area (Å²) >= 11 is 0. The molecule has 0 bridgehead atoms. The Labute approximate surface area is 147 Å². The van der Waals surface area contributed by atoms with Crippen LogP contribution < -0.4 is 10.6 Å². The van der Waals surface area contributed by atoms with Crippen molar-refractivity contribution in [1.82, 2.24) is 15.5 Å². The van der Waals surface area contributed by atoms with Crippen LogP contribution in [-0.4, -0.2) is 62.8 Å². The van der Waals surface area contributed by atoms with E-state index in [1.165, 1.54) is 6.42 Å². The van der Waals surface area contributed by atoms with Crippen LogP contribution in [0.15, 0.2) is 4.99 Å². The summed E-state index contributed by atoms with van der Waals surface area (Å²) in [4.78, 5) is 7.07. The minimum atomic E-state index is 0. The van der Waals surface area contributed by atoms with Gasteiger partial charge in [-0.3, -0.25) is 4.99 Å². The Hall–Kier alpha value is -0.0800. The number of methoxy groups -OCH3 is 1. The molecule has 5 nitrogen and oxygen atoms in total. The molecule has 21 heavy (non-hydrogen) atoms. The van der Waals surface area contributed by atoms with E-state index in [0.717, 1.165) is 45.3 Å². The van der Waals surface area contributed by atoms with Gasteiger partial charge in [-0.25, -0.2) is 0 Å². The molecule has 6 heteroatoms. The van der Waals surface area contributed by atoms with Crippen LogP contribution in [0.1, 0.15) is 34.1 Å². The highest BCUT2D eigenvalue weighted by Crippen LogP contribution is 2.16. The van der Waals surface area contributed by atoms with Gasteiger partial charge in [0.05, 0.1) is 13.2 Å². The molecule has 1 aliphatic heterocycles. The predicted octanol–water partition coefficient (Wildman–Crippen LogP) is 1.93. The lowest BCUT2D eigenvalue weighted by Crippen LogP contribution is -2.41. The summed E-state index contributed by atoms with van der Waals surface area (Å²) < 4.78 is 5.25. The second-order valence-electron chi connectivity index (χ2n) is 6.47. The number of ether oxygens (including phenoxy) is 1. The number of rotatable bonds is 6. The second kappa shape index (κ2) is 10.6. The average Bonchev–Trinajstić information content (AvgIpc) is 2.81. The Kier molecular flexibility index (Phi) is 10.6. The molecule has 1 unspecified atom stereocenters. The van der Waals surface area contributed by atoms with Gasteiger partial charge in [0.15, 0.2) is 5.96 Å². The van der Waals surface area contributed by atoms with Crippen LogP contribution in [0.3, 0.4) is 0 Å². The van der Waals surface area contributed by atoms with Gasteiger partial charge < -0.3 is 20.3 Å². The van der Waals surface area contributed by atoms with Gasteiger partial charge in [0.1, 0.15) is 0 Å². The Balaban J connectivity index is 0.00000400. The maximum Gasteiger partial charge on any atom is 0.193 e. The summed E-state index contributed by atoms with van der Waals surface area (Å²) in [5, 5.41) is 6.86. The Morgan fingerprint density at radius 3 is 2.67 bits per heavy atom. The molecule has 0 radical (unpaired) electrons. The van der Waals surface area contributed by atoms with Crippen molar-refractivity contribution in [3.8, 4) is 0 Å². The second-order valence-corrected chi connectivity index (χ2v) is 6.47. The summed E-state index contributed by atoms with van der Waals surface area (Å²) in [5.74, 6) is 1.68. The van der Waals surface area contributed by atoms with Crippen molar-refractivity contribution >= 4 is 29.9 Å². The maximum atomic E-state index is 5.25. The van der Waals surface area contributed by atoms with Crippen LogP contribution in [0.5, 0.6) is 0 Å². The quantitative estimate of drug-likeness (QED) is 0.303. The number of hydrogen-bond donors (Lipinski definition) is 2. The third-order valence-electron chi connectivity index (χ3n) is 3.35. The number of nitrogens with zero attached hydrogens (tertiary/aromatic N) is 2. The fraction of sp³-hybridized carbons (Fsp3) is 0.933. The first-order valence-electron chi connectivity index (χ1n) is 7.73. The molecule has 0 aromatic rings. The van der Waals surface area contributed by atoms with E-state index in [2.05, 4.69) is 43.2 Å². The molecule has 0 spiro atoms. The lowest BCUT2D eigenvalue weighted by molar-refractivity contribution is 0.157. The van der Waals surface area contributed by atoms with Gasteiger partial charge in [0, 0.05) is 44.7 Å². The van der Waals surface area contributed by atoms with Crippen LogP contribution in [-0.2, 0) is 4.74 Å². The van der Waals surface area contributed by atoms with Crippen LogP contribution in [0, 0.1) is 5.92 Å². The van der Waals surface area contributed by atoms with Crippen molar-refractivity contribution in [3.63, 3.8) is 0 Å². The average molecular weight is 412 g/mol. The largest absolute Gasteiger partial charge is 0.384 e. The Morgan fingerprint density at radius 2 is 2.10 bits per heavy atom. The van der Waals surface area contributed by atoms with Crippen LogP contribution in [0.2, 0.25) is 0 Å². The monoisotopic (exact) mass is 412 g/mol. The highest BCUT2D eigenvalue weighted by molar-refractivity contribution is 14.0. The van der Waals surface area contributed by atoms with E-state index >= 15 is 0 Å². The fourth-order valence-electron chi connectivity index (χ4n) is 2.42. The van der Waals surface area contributed by atoms with Crippen molar-refractivity contribution in [2.45, 2.75) is 39.7 Å². The molecule has 0 amide bonds. The Morgan fingerprint density at radius 1 is 1.38 bits per heavy atom. The van der Waals surface area contributed by atoms with E-state index < -0.39 is 0 Å². The van der Waals surface area contributed by atoms with Gasteiger partial charge in [0.25, 0.3) is 0 Å². The number of guanidine groups is 1. The van der Waals surface area contributed by atoms with E-state index in [4.69, 9.17) is 9.73 Å². The van der Waals surface area contributed by atoms with Crippen molar-refractivity contribution in [2.24, 2.45) is 10.9 Å². The van der Waals surface area contributed by atoms with Gasteiger partial charge in [-0.05, 0) is 34.1 Å². The summed E-state index contributed by atoms with van der Waals surface area (Å²) in [6.45, 7) is 14.3. The lowest BCUT2D eigenvalue weighted by atomic mass is 10.1. The molecule has 1 saturated heterocycles. The topological polar surface area (TPSA) is 48.9 Å². The molecule has 1 atom stereocenters. The van der Waals surface area contributed by atoms with E-state index in [0.29, 0.717) is 5.92 Å². The Bertz CT molecular complexity index is 305. The summed E-state index contributed by atoms with van der Waals surface area (Å²) in [6, 6.07) is 0. The molecule has 0 aliphatic carbocycles. The maximum absolute atomic E-state index is 5.25. The molecule has 1 rings (SSSR count). The summed E-state index contributed by atoms with van der Waals surface area (Å²) in [5.41, 5.74) is 0.158. The molecule has 0 saturated carbocycles. The molecule has 0 aromatic carbocycles. The standard InChI is InChI=1S/C15H32N4O.HI/c1-6-16-14(17-8-9-18-15(2,3)4)19-10-7-13(11-19)12-20-5;/h13,18H,6-12H2,1-5H3,(H,16,17);1H. The molecule has 126 valence electrons. The molecular weight excluding hydrogens is 379 g/mol. The minimum Gasteiger partial charge on any atom is -0.384 e. The van der Waals surface area contributed by atoms with Crippen molar-refractivity contribution < 1.29 is 4.74 Å². The van der Waals surface area contributed by atoms with Gasteiger partial charge in [0.2, 0.25) is 0 Å². The first-order valence-corrected chi connectivity index (χ1v) is 7.73. The smallest absolute Gasteiger partial charge is 0.193 e.